The third-order valence-electron chi connectivity index (χ3n) is 3.57. The molecule has 2 N–H and O–H groups in total. The first-order valence-electron chi connectivity index (χ1n) is 7.51. The Labute approximate surface area is 142 Å². The molecular weight excluding hydrogens is 328 g/mol. The van der Waals surface area contributed by atoms with Gasteiger partial charge in [0.1, 0.15) is 5.75 Å². The van der Waals surface area contributed by atoms with Gasteiger partial charge in [-0.15, -0.1) is 11.3 Å². The second-order valence-corrected chi connectivity index (χ2v) is 6.36. The summed E-state index contributed by atoms with van der Waals surface area (Å²) in [6, 6.07) is 8.58. The van der Waals surface area contributed by atoms with E-state index in [1.807, 2.05) is 11.4 Å². The lowest BCUT2D eigenvalue weighted by Gasteiger charge is -2.23. The van der Waals surface area contributed by atoms with Crippen LogP contribution in [-0.2, 0) is 9.59 Å². The predicted molar refractivity (Wildman–Crippen MR) is 91.7 cm³/mol. The molecule has 0 saturated carbocycles. The van der Waals surface area contributed by atoms with E-state index in [4.69, 9.17) is 4.74 Å². The number of fused-ring (bicyclic) bond motifs is 1. The lowest BCUT2D eigenvalue weighted by molar-refractivity contribution is -0.122. The number of Topliss-reactive ketones (excluding diaryl/α,β-unsaturated/α-hetero) is 1. The minimum absolute atomic E-state index is 0.0414. The number of thiophene rings is 1. The van der Waals surface area contributed by atoms with Crippen molar-refractivity contribution in [3.63, 3.8) is 0 Å². The summed E-state index contributed by atoms with van der Waals surface area (Å²) in [5.41, 5.74) is 1.06. The Bertz CT molecular complexity index is 786. The number of carbonyl (C=O) groups is 3. The number of ether oxygens (including phenoxy) is 1. The maximum atomic E-state index is 12.0. The Kier molecular flexibility index (Phi) is 4.61. The molecule has 2 aromatic rings. The van der Waals surface area contributed by atoms with Crippen molar-refractivity contribution in [1.29, 1.82) is 0 Å². The second kappa shape index (κ2) is 6.84. The molecule has 124 valence electrons. The van der Waals surface area contributed by atoms with Crippen molar-refractivity contribution in [3.8, 4) is 5.75 Å². The van der Waals surface area contributed by atoms with Crippen molar-refractivity contribution in [1.82, 2.24) is 0 Å². The molecule has 0 spiro atoms. The van der Waals surface area contributed by atoms with Crippen LogP contribution in [0.4, 0.5) is 11.4 Å². The summed E-state index contributed by atoms with van der Waals surface area (Å²) in [6.45, 7) is 1.67. The molecule has 2 amide bonds. The molecule has 2 heterocycles. The summed E-state index contributed by atoms with van der Waals surface area (Å²) in [4.78, 5) is 36.2. The number of benzene rings is 1. The Morgan fingerprint density at radius 3 is 2.88 bits per heavy atom. The highest BCUT2D eigenvalue weighted by Crippen LogP contribution is 2.32. The van der Waals surface area contributed by atoms with Crippen LogP contribution in [0.5, 0.6) is 5.75 Å². The predicted octanol–water partition coefficient (Wildman–Crippen LogP) is 3.07. The fraction of sp³-hybridized carbons (Fsp3) is 0.235. The van der Waals surface area contributed by atoms with E-state index < -0.39 is 6.10 Å². The molecule has 0 fully saturated rings. The molecule has 0 radical (unpaired) electrons. The summed E-state index contributed by atoms with van der Waals surface area (Å²) in [7, 11) is 0. The highest BCUT2D eigenvalue weighted by atomic mass is 32.1. The van der Waals surface area contributed by atoms with Gasteiger partial charge in [-0.2, -0.15) is 0 Å². The summed E-state index contributed by atoms with van der Waals surface area (Å²) >= 11 is 1.37. The van der Waals surface area contributed by atoms with Gasteiger partial charge in [-0.3, -0.25) is 14.4 Å². The van der Waals surface area contributed by atoms with Gasteiger partial charge in [-0.1, -0.05) is 6.07 Å². The summed E-state index contributed by atoms with van der Waals surface area (Å²) in [5, 5.41) is 7.28. The lowest BCUT2D eigenvalue weighted by Crippen LogP contribution is -2.34. The van der Waals surface area contributed by atoms with Gasteiger partial charge in [-0.25, -0.2) is 0 Å². The van der Waals surface area contributed by atoms with E-state index in [1.165, 1.54) is 11.3 Å². The Morgan fingerprint density at radius 2 is 2.12 bits per heavy atom. The molecule has 24 heavy (non-hydrogen) atoms. The summed E-state index contributed by atoms with van der Waals surface area (Å²) in [6.07, 6.45) is -0.274. The smallest absolute Gasteiger partial charge is 0.265 e. The van der Waals surface area contributed by atoms with Crippen LogP contribution in [0.3, 0.4) is 0 Å². The first-order chi connectivity index (χ1) is 11.5. The molecule has 1 aliphatic rings. The number of hydrogen-bond acceptors (Lipinski definition) is 5. The molecule has 3 rings (SSSR count). The molecule has 1 atom stereocenters. The van der Waals surface area contributed by atoms with E-state index in [0.29, 0.717) is 22.0 Å². The first-order valence-corrected chi connectivity index (χ1v) is 8.39. The molecule has 1 aromatic heterocycles. The minimum Gasteiger partial charge on any atom is -0.479 e. The fourth-order valence-electron chi connectivity index (χ4n) is 2.30. The van der Waals surface area contributed by atoms with E-state index >= 15 is 0 Å². The van der Waals surface area contributed by atoms with Crippen LogP contribution in [0.1, 0.15) is 29.4 Å². The number of anilines is 2. The van der Waals surface area contributed by atoms with E-state index in [9.17, 15) is 14.4 Å². The van der Waals surface area contributed by atoms with Crippen LogP contribution in [0.2, 0.25) is 0 Å². The Balaban J connectivity index is 1.58. The maximum absolute atomic E-state index is 12.0. The molecule has 0 bridgehead atoms. The third kappa shape index (κ3) is 3.62. The van der Waals surface area contributed by atoms with Crippen molar-refractivity contribution < 1.29 is 19.1 Å². The second-order valence-electron chi connectivity index (χ2n) is 5.41. The molecule has 0 unspecified atom stereocenters. The lowest BCUT2D eigenvalue weighted by atomic mass is 10.1. The van der Waals surface area contributed by atoms with Gasteiger partial charge in [0.2, 0.25) is 5.91 Å². The van der Waals surface area contributed by atoms with Gasteiger partial charge in [0, 0.05) is 18.5 Å². The topological polar surface area (TPSA) is 84.5 Å². The molecule has 0 saturated heterocycles. The quantitative estimate of drug-likeness (QED) is 0.817. The zero-order valence-electron chi connectivity index (χ0n) is 13.0. The van der Waals surface area contributed by atoms with Crippen LogP contribution >= 0.6 is 11.3 Å². The number of carbonyl (C=O) groups excluding carboxylic acids is 3. The van der Waals surface area contributed by atoms with E-state index in [2.05, 4.69) is 10.6 Å². The SMILES string of the molecule is C[C@@H]1Oc2ccc(NC(=O)CCC(=O)c3cccs3)cc2NC1=O. The van der Waals surface area contributed by atoms with E-state index in [0.717, 1.165) is 0 Å². The fourth-order valence-corrected chi connectivity index (χ4v) is 2.99. The van der Waals surface area contributed by atoms with Crippen molar-refractivity contribution in [3.05, 3.63) is 40.6 Å². The average Bonchev–Trinajstić information content (AvgIpc) is 3.08. The molecule has 0 aliphatic carbocycles. The standard InChI is InChI=1S/C17H16N2O4S/c1-10-17(22)19-12-9-11(4-6-14(12)23-10)18-16(21)7-5-13(20)15-3-2-8-24-15/h2-4,6,8-10H,5,7H2,1H3,(H,18,21)(H,19,22)/t10-/m0/s1. The van der Waals surface area contributed by atoms with Crippen molar-refractivity contribution in [2.45, 2.75) is 25.9 Å². The highest BCUT2D eigenvalue weighted by Gasteiger charge is 2.23. The number of rotatable bonds is 5. The number of nitrogens with one attached hydrogen (secondary N) is 2. The van der Waals surface area contributed by atoms with Crippen molar-refractivity contribution in [2.24, 2.45) is 0 Å². The van der Waals surface area contributed by atoms with Crippen molar-refractivity contribution >= 4 is 40.3 Å². The maximum Gasteiger partial charge on any atom is 0.265 e. The minimum atomic E-state index is -0.541. The third-order valence-corrected chi connectivity index (χ3v) is 4.48. The van der Waals surface area contributed by atoms with Gasteiger partial charge >= 0.3 is 0 Å². The van der Waals surface area contributed by atoms with Gasteiger partial charge in [0.25, 0.3) is 5.91 Å². The number of hydrogen-bond donors (Lipinski definition) is 2. The van der Waals surface area contributed by atoms with Crippen LogP contribution in [0.15, 0.2) is 35.7 Å². The molecule has 6 nitrogen and oxygen atoms in total. The normalized spacial score (nSPS) is 15.9. The van der Waals surface area contributed by atoms with Gasteiger partial charge < -0.3 is 15.4 Å². The molecule has 1 aromatic carbocycles. The first kappa shape index (κ1) is 16.2. The van der Waals surface area contributed by atoms with Gasteiger partial charge in [0.15, 0.2) is 11.9 Å². The Hall–Kier alpha value is -2.67. The summed E-state index contributed by atoms with van der Waals surface area (Å²) < 4.78 is 5.46. The molecule has 1 aliphatic heterocycles. The zero-order valence-corrected chi connectivity index (χ0v) is 13.8. The highest BCUT2D eigenvalue weighted by molar-refractivity contribution is 7.12. The van der Waals surface area contributed by atoms with E-state index in [1.54, 1.807) is 31.2 Å². The number of amides is 2. The summed E-state index contributed by atoms with van der Waals surface area (Å²) in [5.74, 6) is 0.0389. The van der Waals surface area contributed by atoms with Crippen LogP contribution in [0, 0.1) is 0 Å². The Morgan fingerprint density at radius 1 is 1.29 bits per heavy atom. The van der Waals surface area contributed by atoms with Crippen LogP contribution in [-0.4, -0.2) is 23.7 Å². The zero-order chi connectivity index (χ0) is 17.1. The molecular formula is C17H16N2O4S. The average molecular weight is 344 g/mol. The van der Waals surface area contributed by atoms with Crippen LogP contribution < -0.4 is 15.4 Å². The van der Waals surface area contributed by atoms with Gasteiger partial charge in [-0.05, 0) is 36.6 Å². The van der Waals surface area contributed by atoms with E-state index in [-0.39, 0.29) is 30.4 Å². The number of ketones is 1. The van der Waals surface area contributed by atoms with Crippen LogP contribution in [0.25, 0.3) is 0 Å². The largest absolute Gasteiger partial charge is 0.479 e. The monoisotopic (exact) mass is 344 g/mol. The van der Waals surface area contributed by atoms with Gasteiger partial charge in [0.05, 0.1) is 10.6 Å². The van der Waals surface area contributed by atoms with Crippen molar-refractivity contribution in [2.75, 3.05) is 10.6 Å². The molecule has 7 heteroatoms.